The van der Waals surface area contributed by atoms with Gasteiger partial charge in [-0.1, -0.05) is 41.5 Å². The summed E-state index contributed by atoms with van der Waals surface area (Å²) in [6, 6.07) is 0. The first-order valence-electron chi connectivity index (χ1n) is 16.0. The molecule has 5 aliphatic carbocycles. The van der Waals surface area contributed by atoms with Crippen molar-refractivity contribution in [2.75, 3.05) is 0 Å². The summed E-state index contributed by atoms with van der Waals surface area (Å²) in [5.74, 6) is 0. The molecule has 36 heavy (non-hydrogen) atoms. The molecule has 16 unspecified atom stereocenters. The molecule has 9 aliphatic rings. The maximum atomic E-state index is 7.46. The molecule has 9 fully saturated rings. The summed E-state index contributed by atoms with van der Waals surface area (Å²) in [5.41, 5.74) is 4.68. The van der Waals surface area contributed by atoms with Crippen LogP contribution >= 0.6 is 15.8 Å². The molecule has 0 aromatic heterocycles. The Morgan fingerprint density at radius 1 is 0.333 bits per heavy atom. The topological polar surface area (TPSA) is 36.9 Å². The zero-order valence-electron chi connectivity index (χ0n) is 21.9. The van der Waals surface area contributed by atoms with Gasteiger partial charge in [0.1, 0.15) is 0 Å². The lowest BCUT2D eigenvalue weighted by atomic mass is 9.87. The number of hydrogen-bond acceptors (Lipinski definition) is 4. The second kappa shape index (κ2) is 9.11. The molecular formula is C30H46O4P2. The normalized spacial score (nSPS) is 61.3. The summed E-state index contributed by atoms with van der Waals surface area (Å²) in [4.78, 5) is 0. The van der Waals surface area contributed by atoms with Crippen LogP contribution in [0, 0.1) is 0 Å². The fraction of sp³-hybridized carbons (Fsp3) is 1.00. The molecule has 0 aromatic rings. The molecular weight excluding hydrogens is 486 g/mol. The second-order valence-electron chi connectivity index (χ2n) is 13.9. The van der Waals surface area contributed by atoms with Gasteiger partial charge in [-0.05, 0) is 77.0 Å². The molecule has 16 atom stereocenters. The van der Waals surface area contributed by atoms with Gasteiger partial charge in [0.05, 0.1) is 48.8 Å². The summed E-state index contributed by atoms with van der Waals surface area (Å²) in [6.45, 7) is 0. The Morgan fingerprint density at radius 2 is 0.806 bits per heavy atom. The Morgan fingerprint density at radius 3 is 1.47 bits per heavy atom. The van der Waals surface area contributed by atoms with Crippen molar-refractivity contribution in [2.45, 2.75) is 186 Å². The van der Waals surface area contributed by atoms with E-state index in [4.69, 9.17) is 18.9 Å². The SMILES string of the molecule is C1CCC2C(C1)OC1CCCC3OC4C(CCC5OC6CCCC7OC8CCCCC8P(C76)C54)P2C13. The van der Waals surface area contributed by atoms with Gasteiger partial charge in [0.25, 0.3) is 0 Å². The van der Waals surface area contributed by atoms with Crippen molar-refractivity contribution in [2.24, 2.45) is 0 Å². The van der Waals surface area contributed by atoms with Crippen LogP contribution in [0.4, 0.5) is 0 Å². The van der Waals surface area contributed by atoms with Crippen LogP contribution in [0.2, 0.25) is 0 Å². The minimum atomic E-state index is -0.0947. The molecule has 200 valence electrons. The molecule has 0 spiro atoms. The van der Waals surface area contributed by atoms with E-state index < -0.39 is 0 Å². The van der Waals surface area contributed by atoms with Crippen molar-refractivity contribution in [1.29, 1.82) is 0 Å². The highest BCUT2D eigenvalue weighted by Crippen LogP contribution is 2.74. The van der Waals surface area contributed by atoms with Crippen LogP contribution in [0.5, 0.6) is 0 Å². The van der Waals surface area contributed by atoms with Gasteiger partial charge < -0.3 is 18.9 Å². The molecule has 9 rings (SSSR count). The average molecular weight is 533 g/mol. The van der Waals surface area contributed by atoms with E-state index in [2.05, 4.69) is 0 Å². The van der Waals surface area contributed by atoms with E-state index in [1.54, 1.807) is 0 Å². The minimum absolute atomic E-state index is 0.00864. The van der Waals surface area contributed by atoms with E-state index >= 15 is 0 Å². The number of hydrogen-bond donors (Lipinski definition) is 0. The van der Waals surface area contributed by atoms with Gasteiger partial charge in [-0.2, -0.15) is 0 Å². The lowest BCUT2D eigenvalue weighted by Crippen LogP contribution is -2.68. The van der Waals surface area contributed by atoms with Crippen molar-refractivity contribution in [1.82, 2.24) is 0 Å². The number of ether oxygens (including phenoxy) is 4. The van der Waals surface area contributed by atoms with E-state index in [1.165, 1.54) is 103 Å². The third-order valence-electron chi connectivity index (χ3n) is 12.2. The van der Waals surface area contributed by atoms with Crippen LogP contribution < -0.4 is 0 Å². The molecule has 0 radical (unpaired) electrons. The molecule has 4 nitrogen and oxygen atoms in total. The van der Waals surface area contributed by atoms with Crippen molar-refractivity contribution < 1.29 is 18.9 Å². The molecule has 4 saturated heterocycles. The van der Waals surface area contributed by atoms with Crippen LogP contribution in [0.3, 0.4) is 0 Å². The molecule has 0 aromatic carbocycles. The van der Waals surface area contributed by atoms with Gasteiger partial charge in [-0.15, -0.1) is 0 Å². The molecule has 0 bridgehead atoms. The van der Waals surface area contributed by atoms with Gasteiger partial charge in [-0.25, -0.2) is 0 Å². The average Bonchev–Trinajstić information content (AvgIpc) is 2.92. The van der Waals surface area contributed by atoms with Gasteiger partial charge in [0, 0.05) is 34.0 Å². The lowest BCUT2D eigenvalue weighted by Gasteiger charge is -2.67. The molecule has 4 aliphatic heterocycles. The zero-order chi connectivity index (χ0) is 23.4. The fourth-order valence-corrected chi connectivity index (χ4v) is 20.7. The molecule has 5 saturated carbocycles. The van der Waals surface area contributed by atoms with Crippen molar-refractivity contribution >= 4 is 15.8 Å². The smallest absolute Gasteiger partial charge is 0.0739 e. The largest absolute Gasteiger partial charge is 0.374 e. The van der Waals surface area contributed by atoms with E-state index in [0.29, 0.717) is 60.1 Å². The Bertz CT molecular complexity index is 851. The van der Waals surface area contributed by atoms with Crippen LogP contribution in [-0.2, 0) is 18.9 Å². The summed E-state index contributed by atoms with van der Waals surface area (Å²) < 4.78 is 28.5. The predicted octanol–water partition coefficient (Wildman–Crippen LogP) is 6.54. The van der Waals surface area contributed by atoms with Crippen LogP contribution in [-0.4, -0.2) is 82.8 Å². The standard InChI is InChI=1S/C30H46O4P2/c1-3-13-24-17(7-1)31-19-9-6-12-22-28(19)35(24)26-16-15-23-30(27(26)34-22)36-25-14-4-2-8-18(25)32-20-10-5-11-21(33-23)29(20)36/h17-30H,1-16H2. The van der Waals surface area contributed by atoms with Crippen LogP contribution in [0.1, 0.15) is 103 Å². The van der Waals surface area contributed by atoms with E-state index in [0.717, 1.165) is 22.6 Å². The fourth-order valence-electron chi connectivity index (χ4n) is 11.0. The summed E-state index contributed by atoms with van der Waals surface area (Å²) >= 11 is 0. The molecule has 0 N–H and O–H groups in total. The van der Waals surface area contributed by atoms with Crippen LogP contribution in [0.25, 0.3) is 0 Å². The highest BCUT2D eigenvalue weighted by Gasteiger charge is 2.65. The van der Waals surface area contributed by atoms with Crippen molar-refractivity contribution in [3.05, 3.63) is 0 Å². The van der Waals surface area contributed by atoms with E-state index in [-0.39, 0.29) is 15.8 Å². The third-order valence-corrected chi connectivity index (χ3v) is 20.3. The number of rotatable bonds is 0. The highest BCUT2D eigenvalue weighted by molar-refractivity contribution is 7.61. The van der Waals surface area contributed by atoms with Crippen LogP contribution in [0.15, 0.2) is 0 Å². The summed E-state index contributed by atoms with van der Waals surface area (Å²) in [5, 5.41) is 0. The third kappa shape index (κ3) is 3.40. The highest BCUT2D eigenvalue weighted by atomic mass is 31.1. The first kappa shape index (κ1) is 23.4. The second-order valence-corrected chi connectivity index (χ2v) is 19.4. The minimum Gasteiger partial charge on any atom is -0.374 e. The van der Waals surface area contributed by atoms with E-state index in [9.17, 15) is 0 Å². The summed E-state index contributed by atoms with van der Waals surface area (Å²) in [6.07, 6.45) is 25.8. The van der Waals surface area contributed by atoms with E-state index in [1.807, 2.05) is 0 Å². The molecule has 4 heterocycles. The van der Waals surface area contributed by atoms with Crippen molar-refractivity contribution in [3.8, 4) is 0 Å². The first-order chi connectivity index (χ1) is 17.8. The maximum absolute atomic E-state index is 7.46. The Kier molecular flexibility index (Phi) is 5.92. The summed E-state index contributed by atoms with van der Waals surface area (Å²) in [7, 11) is -0.103. The predicted molar refractivity (Wildman–Crippen MR) is 145 cm³/mol. The Balaban J connectivity index is 1.11. The maximum Gasteiger partial charge on any atom is 0.0739 e. The quantitative estimate of drug-likeness (QED) is 0.332. The van der Waals surface area contributed by atoms with Crippen molar-refractivity contribution in [3.63, 3.8) is 0 Å². The first-order valence-corrected chi connectivity index (χ1v) is 19.1. The Labute approximate surface area is 220 Å². The zero-order valence-corrected chi connectivity index (χ0v) is 23.7. The van der Waals surface area contributed by atoms with Gasteiger partial charge in [0.2, 0.25) is 0 Å². The molecule has 6 heteroatoms. The molecule has 0 amide bonds. The van der Waals surface area contributed by atoms with Gasteiger partial charge >= 0.3 is 0 Å². The number of fused-ring (bicyclic) bond motifs is 9. The Hall–Kier alpha value is 0.700. The monoisotopic (exact) mass is 532 g/mol. The lowest BCUT2D eigenvalue weighted by molar-refractivity contribution is -0.154. The van der Waals surface area contributed by atoms with Gasteiger partial charge in [0.15, 0.2) is 0 Å². The van der Waals surface area contributed by atoms with Gasteiger partial charge in [-0.3, -0.25) is 0 Å².